The number of hydrogen-bond donors (Lipinski definition) is 1. The Morgan fingerprint density at radius 3 is 2.53 bits per heavy atom. The predicted octanol–water partition coefficient (Wildman–Crippen LogP) is 3.52. The molecule has 0 aromatic rings. The van der Waals surface area contributed by atoms with Gasteiger partial charge in [-0.15, -0.1) is 0 Å². The van der Waals surface area contributed by atoms with Crippen molar-refractivity contribution in [3.8, 4) is 0 Å². The maximum atomic E-state index is 6.11. The zero-order valence-electron chi connectivity index (χ0n) is 13.3. The van der Waals surface area contributed by atoms with Crippen molar-refractivity contribution in [2.75, 3.05) is 20.3 Å². The summed E-state index contributed by atoms with van der Waals surface area (Å²) in [5.41, 5.74) is 0.0000328. The van der Waals surface area contributed by atoms with Crippen molar-refractivity contribution in [3.05, 3.63) is 0 Å². The van der Waals surface area contributed by atoms with Crippen LogP contribution in [0.25, 0.3) is 0 Å². The molecule has 0 aromatic heterocycles. The van der Waals surface area contributed by atoms with Crippen LogP contribution in [-0.4, -0.2) is 38.0 Å². The molecular weight excluding hydrogens is 238 g/mol. The highest BCUT2D eigenvalue weighted by Gasteiger charge is 2.35. The average molecular weight is 271 g/mol. The first kappa shape index (κ1) is 16.9. The molecule has 1 aliphatic rings. The predicted molar refractivity (Wildman–Crippen MR) is 80.6 cm³/mol. The summed E-state index contributed by atoms with van der Waals surface area (Å²) < 4.78 is 11.8. The third-order valence-corrected chi connectivity index (χ3v) is 4.66. The van der Waals surface area contributed by atoms with Crippen LogP contribution >= 0.6 is 0 Å². The molecule has 2 atom stereocenters. The molecule has 3 nitrogen and oxygen atoms in total. The molecule has 114 valence electrons. The van der Waals surface area contributed by atoms with E-state index in [0.717, 1.165) is 26.1 Å². The average Bonchev–Trinajstić information content (AvgIpc) is 2.95. The summed E-state index contributed by atoms with van der Waals surface area (Å²) in [7, 11) is 2.07. The van der Waals surface area contributed by atoms with Gasteiger partial charge in [-0.1, -0.05) is 13.8 Å². The Bertz CT molecular complexity index is 223. The maximum absolute atomic E-state index is 6.11. The molecule has 1 N–H and O–H groups in total. The molecule has 1 saturated heterocycles. The van der Waals surface area contributed by atoms with Crippen molar-refractivity contribution in [1.29, 1.82) is 0 Å². The molecular formula is C16H33NO2. The van der Waals surface area contributed by atoms with Crippen LogP contribution in [0.4, 0.5) is 0 Å². The molecule has 0 bridgehead atoms. The van der Waals surface area contributed by atoms with E-state index in [0.29, 0.717) is 12.1 Å². The first-order valence-corrected chi connectivity index (χ1v) is 8.15. The Kier molecular flexibility index (Phi) is 7.96. The van der Waals surface area contributed by atoms with Gasteiger partial charge in [0, 0.05) is 19.3 Å². The summed E-state index contributed by atoms with van der Waals surface area (Å²) in [5.74, 6) is 0. The molecule has 0 saturated carbocycles. The summed E-state index contributed by atoms with van der Waals surface area (Å²) in [5, 5.41) is 3.49. The van der Waals surface area contributed by atoms with Crippen LogP contribution in [0.2, 0.25) is 0 Å². The second kappa shape index (κ2) is 8.93. The molecule has 0 radical (unpaired) electrons. The van der Waals surface area contributed by atoms with Crippen LogP contribution in [0.3, 0.4) is 0 Å². The van der Waals surface area contributed by atoms with Gasteiger partial charge >= 0.3 is 0 Å². The molecule has 19 heavy (non-hydrogen) atoms. The molecule has 1 fully saturated rings. The van der Waals surface area contributed by atoms with Gasteiger partial charge in [-0.3, -0.25) is 0 Å². The number of hydrogen-bond acceptors (Lipinski definition) is 3. The highest BCUT2D eigenvalue weighted by atomic mass is 16.5. The monoisotopic (exact) mass is 271 g/mol. The van der Waals surface area contributed by atoms with Crippen LogP contribution in [0.5, 0.6) is 0 Å². The molecule has 1 aliphatic heterocycles. The highest BCUT2D eigenvalue weighted by Crippen LogP contribution is 2.29. The molecule has 3 heteroatoms. The summed E-state index contributed by atoms with van der Waals surface area (Å²) in [6.07, 6.45) is 8.76. The van der Waals surface area contributed by atoms with Crippen molar-refractivity contribution in [1.82, 2.24) is 5.32 Å². The maximum Gasteiger partial charge on any atom is 0.0829 e. The van der Waals surface area contributed by atoms with Gasteiger partial charge in [0.15, 0.2) is 0 Å². The van der Waals surface area contributed by atoms with E-state index < -0.39 is 0 Å². The van der Waals surface area contributed by atoms with Crippen molar-refractivity contribution in [3.63, 3.8) is 0 Å². The molecule has 0 spiro atoms. The Hall–Kier alpha value is -0.120. The van der Waals surface area contributed by atoms with E-state index in [-0.39, 0.29) is 5.60 Å². The van der Waals surface area contributed by atoms with Gasteiger partial charge < -0.3 is 14.8 Å². The van der Waals surface area contributed by atoms with Crippen molar-refractivity contribution in [2.45, 2.75) is 83.5 Å². The van der Waals surface area contributed by atoms with Crippen molar-refractivity contribution in [2.24, 2.45) is 0 Å². The molecule has 0 aliphatic carbocycles. The molecule has 0 aromatic carbocycles. The molecule has 0 amide bonds. The summed E-state index contributed by atoms with van der Waals surface area (Å²) >= 11 is 0. The summed E-state index contributed by atoms with van der Waals surface area (Å²) in [6, 6.07) is 0.448. The Labute approximate surface area is 119 Å². The molecule has 1 heterocycles. The van der Waals surface area contributed by atoms with E-state index >= 15 is 0 Å². The Morgan fingerprint density at radius 1 is 1.32 bits per heavy atom. The second-order valence-corrected chi connectivity index (χ2v) is 5.61. The quantitative estimate of drug-likeness (QED) is 0.659. The lowest BCUT2D eigenvalue weighted by Gasteiger charge is -2.39. The van der Waals surface area contributed by atoms with Gasteiger partial charge in [-0.2, -0.15) is 0 Å². The molecule has 1 rings (SSSR count). The SMILES string of the molecule is CCOC(CC)(CC)C(CCCC1CCCO1)NC. The van der Waals surface area contributed by atoms with E-state index in [9.17, 15) is 0 Å². The van der Waals surface area contributed by atoms with Gasteiger partial charge in [0.1, 0.15) is 0 Å². The zero-order valence-corrected chi connectivity index (χ0v) is 13.3. The van der Waals surface area contributed by atoms with Crippen LogP contribution in [0, 0.1) is 0 Å². The van der Waals surface area contributed by atoms with Crippen LogP contribution < -0.4 is 5.32 Å². The largest absolute Gasteiger partial charge is 0.378 e. The lowest BCUT2D eigenvalue weighted by molar-refractivity contribution is -0.0730. The Balaban J connectivity index is 2.44. The highest BCUT2D eigenvalue weighted by molar-refractivity contribution is 4.91. The second-order valence-electron chi connectivity index (χ2n) is 5.61. The Morgan fingerprint density at radius 2 is 2.05 bits per heavy atom. The lowest BCUT2D eigenvalue weighted by atomic mass is 9.85. The normalized spacial score (nSPS) is 21.8. The smallest absolute Gasteiger partial charge is 0.0829 e. The standard InChI is InChI=1S/C16H33NO2/c1-5-16(6-2,19-7-3)15(17-4)12-8-10-14-11-9-13-18-14/h14-15,17H,5-13H2,1-4H3. The first-order chi connectivity index (χ1) is 9.22. The molecule has 2 unspecified atom stereocenters. The minimum absolute atomic E-state index is 0.0000328. The fourth-order valence-corrected chi connectivity index (χ4v) is 3.43. The van der Waals surface area contributed by atoms with Crippen molar-refractivity contribution < 1.29 is 9.47 Å². The van der Waals surface area contributed by atoms with E-state index in [1.807, 2.05) is 0 Å². The van der Waals surface area contributed by atoms with Crippen LogP contribution in [-0.2, 0) is 9.47 Å². The topological polar surface area (TPSA) is 30.5 Å². The van der Waals surface area contributed by atoms with E-state index in [2.05, 4.69) is 33.1 Å². The minimum atomic E-state index is 0.0000328. The lowest BCUT2D eigenvalue weighted by Crippen LogP contribution is -2.51. The van der Waals surface area contributed by atoms with Crippen LogP contribution in [0.1, 0.15) is 65.7 Å². The minimum Gasteiger partial charge on any atom is -0.378 e. The number of likely N-dealkylation sites (N-methyl/N-ethyl adjacent to an activating group) is 1. The fraction of sp³-hybridized carbons (Fsp3) is 1.00. The van der Waals surface area contributed by atoms with Gasteiger partial charge in [-0.05, 0) is 58.9 Å². The first-order valence-electron chi connectivity index (χ1n) is 8.15. The fourth-order valence-electron chi connectivity index (χ4n) is 3.43. The number of ether oxygens (including phenoxy) is 2. The van der Waals surface area contributed by atoms with E-state index in [1.165, 1.54) is 32.1 Å². The van der Waals surface area contributed by atoms with Crippen LogP contribution in [0.15, 0.2) is 0 Å². The van der Waals surface area contributed by atoms with Gasteiger partial charge in [0.25, 0.3) is 0 Å². The van der Waals surface area contributed by atoms with E-state index in [4.69, 9.17) is 9.47 Å². The summed E-state index contributed by atoms with van der Waals surface area (Å²) in [6.45, 7) is 8.34. The summed E-state index contributed by atoms with van der Waals surface area (Å²) in [4.78, 5) is 0. The van der Waals surface area contributed by atoms with E-state index in [1.54, 1.807) is 0 Å². The zero-order chi connectivity index (χ0) is 14.1. The third kappa shape index (κ3) is 4.73. The van der Waals surface area contributed by atoms with Gasteiger partial charge in [0.05, 0.1) is 11.7 Å². The third-order valence-electron chi connectivity index (χ3n) is 4.66. The van der Waals surface area contributed by atoms with Gasteiger partial charge in [-0.25, -0.2) is 0 Å². The van der Waals surface area contributed by atoms with Gasteiger partial charge in [0.2, 0.25) is 0 Å². The van der Waals surface area contributed by atoms with Crippen molar-refractivity contribution >= 4 is 0 Å². The number of nitrogens with one attached hydrogen (secondary N) is 1. The number of rotatable bonds is 10.